The predicted octanol–water partition coefficient (Wildman–Crippen LogP) is 3.89. The number of rotatable bonds is 6. The Hall–Kier alpha value is -1.88. The van der Waals surface area contributed by atoms with Crippen molar-refractivity contribution in [3.05, 3.63) is 63.1 Å². The number of likely N-dealkylation sites (tertiary alicyclic amines) is 1. The highest BCUT2D eigenvalue weighted by Crippen LogP contribution is 2.39. The van der Waals surface area contributed by atoms with Crippen molar-refractivity contribution >= 4 is 56.6 Å². The number of fused-ring (bicyclic) bond motifs is 1. The zero-order valence-corrected chi connectivity index (χ0v) is 24.3. The van der Waals surface area contributed by atoms with E-state index in [0.717, 1.165) is 31.2 Å². The van der Waals surface area contributed by atoms with E-state index in [1.807, 2.05) is 17.0 Å². The molecule has 4 fully saturated rings. The summed E-state index contributed by atoms with van der Waals surface area (Å²) in [5, 5.41) is 0.882. The molecule has 208 valence electrons. The van der Waals surface area contributed by atoms with Gasteiger partial charge in [0.1, 0.15) is 23.1 Å². The van der Waals surface area contributed by atoms with Crippen molar-refractivity contribution in [1.29, 1.82) is 0 Å². The number of amides is 2. The van der Waals surface area contributed by atoms with Crippen molar-refractivity contribution in [3.8, 4) is 0 Å². The van der Waals surface area contributed by atoms with Crippen LogP contribution in [0.5, 0.6) is 0 Å². The van der Waals surface area contributed by atoms with E-state index in [1.165, 1.54) is 27.4 Å². The molecule has 2 amide bonds. The number of piperazine rings is 1. The van der Waals surface area contributed by atoms with Crippen molar-refractivity contribution in [1.82, 2.24) is 19.0 Å². The highest BCUT2D eigenvalue weighted by Gasteiger charge is 2.56. The average molecular weight is 612 g/mol. The Bertz CT molecular complexity index is 1410. The monoisotopic (exact) mass is 610 g/mol. The third-order valence-electron chi connectivity index (χ3n) is 8.18. The zero-order valence-electron chi connectivity index (χ0n) is 21.2. The number of sulfonamides is 1. The van der Waals surface area contributed by atoms with Crippen LogP contribution < -0.4 is 0 Å². The molecule has 2 aromatic rings. The first kappa shape index (κ1) is 27.3. The van der Waals surface area contributed by atoms with Crippen LogP contribution >= 0.6 is 34.8 Å². The summed E-state index contributed by atoms with van der Waals surface area (Å²) in [6.07, 6.45) is 2.99. The Morgan fingerprint density at radius 1 is 0.872 bits per heavy atom. The maximum absolute atomic E-state index is 14.2. The van der Waals surface area contributed by atoms with Crippen LogP contribution in [-0.2, 0) is 26.0 Å². The van der Waals surface area contributed by atoms with Gasteiger partial charge in [0.15, 0.2) is 0 Å². The van der Waals surface area contributed by atoms with Gasteiger partial charge in [-0.25, -0.2) is 8.42 Å². The summed E-state index contributed by atoms with van der Waals surface area (Å²) >= 11 is 18.7. The fourth-order valence-electron chi connectivity index (χ4n) is 6.13. The van der Waals surface area contributed by atoms with Gasteiger partial charge in [-0.3, -0.25) is 14.5 Å². The van der Waals surface area contributed by atoms with E-state index in [4.69, 9.17) is 34.8 Å². The van der Waals surface area contributed by atoms with Crippen LogP contribution in [0.25, 0.3) is 0 Å². The first-order valence-corrected chi connectivity index (χ1v) is 15.8. The van der Waals surface area contributed by atoms with E-state index in [1.54, 1.807) is 17.0 Å². The highest BCUT2D eigenvalue weighted by atomic mass is 35.5. The Balaban J connectivity index is 1.45. The number of halogens is 3. The van der Waals surface area contributed by atoms with Crippen molar-refractivity contribution in [3.63, 3.8) is 0 Å². The van der Waals surface area contributed by atoms with Crippen LogP contribution in [-0.4, -0.2) is 89.7 Å². The van der Waals surface area contributed by atoms with Crippen LogP contribution in [0.4, 0.5) is 0 Å². The molecule has 8 nitrogen and oxygen atoms in total. The van der Waals surface area contributed by atoms with Gasteiger partial charge in [0.2, 0.25) is 21.8 Å². The van der Waals surface area contributed by atoms with Gasteiger partial charge in [0.05, 0.1) is 11.6 Å². The van der Waals surface area contributed by atoms with E-state index >= 15 is 0 Å². The van der Waals surface area contributed by atoms with E-state index in [9.17, 15) is 18.0 Å². The van der Waals surface area contributed by atoms with Gasteiger partial charge in [-0.15, -0.1) is 0 Å². The normalized spacial score (nSPS) is 26.8. The topological polar surface area (TPSA) is 81.2 Å². The summed E-state index contributed by atoms with van der Waals surface area (Å²) in [6.45, 7) is 1.52. The molecule has 0 spiro atoms. The van der Waals surface area contributed by atoms with Gasteiger partial charge in [-0.05, 0) is 74.7 Å². The molecule has 6 rings (SSSR count). The second-order valence-electron chi connectivity index (χ2n) is 10.7. The molecular formula is C27H29Cl3N4O4S. The first-order valence-electron chi connectivity index (χ1n) is 13.2. The molecule has 0 aromatic heterocycles. The third-order valence-corrected chi connectivity index (χ3v) is 11.0. The van der Waals surface area contributed by atoms with Gasteiger partial charge >= 0.3 is 0 Å². The van der Waals surface area contributed by atoms with E-state index in [-0.39, 0.29) is 47.3 Å². The summed E-state index contributed by atoms with van der Waals surface area (Å²) in [4.78, 5) is 33.4. The minimum Gasteiger partial charge on any atom is -0.334 e. The summed E-state index contributed by atoms with van der Waals surface area (Å²) in [6, 6.07) is 10.0. The lowest BCUT2D eigenvalue weighted by Crippen LogP contribution is -2.76. The number of carbonyl (C=O) groups excluding carboxylic acids is 2. The Morgan fingerprint density at radius 3 is 2.26 bits per heavy atom. The van der Waals surface area contributed by atoms with Gasteiger partial charge in [0.25, 0.3) is 0 Å². The SMILES string of the molecule is O=C1C(Cc2cccc(Cl)c2)N2C(=O)C(N3CCCC3)CN(S(=O)(=O)c3ccc(Cl)cc3Cl)C2CN1C1CC1. The molecule has 1 saturated carbocycles. The van der Waals surface area contributed by atoms with Gasteiger partial charge in [-0.1, -0.05) is 46.9 Å². The highest BCUT2D eigenvalue weighted by molar-refractivity contribution is 7.89. The lowest BCUT2D eigenvalue weighted by atomic mass is 9.96. The fourth-order valence-corrected chi connectivity index (χ4v) is 8.66. The summed E-state index contributed by atoms with van der Waals surface area (Å²) in [5.41, 5.74) is 0.809. The molecule has 4 aliphatic rings. The average Bonchev–Trinajstić information content (AvgIpc) is 3.58. The van der Waals surface area contributed by atoms with E-state index < -0.39 is 28.3 Å². The molecule has 39 heavy (non-hydrogen) atoms. The minimum atomic E-state index is -4.15. The molecule has 0 radical (unpaired) electrons. The maximum atomic E-state index is 14.2. The fraction of sp³-hybridized carbons (Fsp3) is 0.481. The Kier molecular flexibility index (Phi) is 7.35. The van der Waals surface area contributed by atoms with E-state index in [2.05, 4.69) is 0 Å². The van der Waals surface area contributed by atoms with Crippen LogP contribution in [0.1, 0.15) is 31.2 Å². The molecule has 3 heterocycles. The second-order valence-corrected chi connectivity index (χ2v) is 13.8. The van der Waals surface area contributed by atoms with Crippen LogP contribution in [0, 0.1) is 0 Å². The number of carbonyl (C=O) groups is 2. The second kappa shape index (κ2) is 10.5. The molecule has 0 N–H and O–H groups in total. The number of hydrogen-bond donors (Lipinski definition) is 0. The maximum Gasteiger partial charge on any atom is 0.246 e. The quantitative estimate of drug-likeness (QED) is 0.495. The summed E-state index contributed by atoms with van der Waals surface area (Å²) in [7, 11) is -4.15. The lowest BCUT2D eigenvalue weighted by molar-refractivity contribution is -0.170. The molecule has 1 aliphatic carbocycles. The number of hydrogen-bond acceptors (Lipinski definition) is 5. The molecule has 3 unspecified atom stereocenters. The third kappa shape index (κ3) is 5.06. The number of nitrogens with zero attached hydrogens (tertiary/aromatic N) is 4. The first-order chi connectivity index (χ1) is 18.6. The molecule has 3 aliphatic heterocycles. The van der Waals surface area contributed by atoms with Crippen LogP contribution in [0.15, 0.2) is 47.4 Å². The smallest absolute Gasteiger partial charge is 0.246 e. The van der Waals surface area contributed by atoms with Gasteiger partial charge < -0.3 is 9.80 Å². The van der Waals surface area contributed by atoms with Crippen LogP contribution in [0.2, 0.25) is 15.1 Å². The van der Waals surface area contributed by atoms with Gasteiger partial charge in [0, 0.05) is 29.1 Å². The van der Waals surface area contributed by atoms with E-state index in [0.29, 0.717) is 23.1 Å². The minimum absolute atomic E-state index is 0.00211. The van der Waals surface area contributed by atoms with Crippen molar-refractivity contribution in [2.45, 2.75) is 61.3 Å². The predicted molar refractivity (Wildman–Crippen MR) is 149 cm³/mol. The molecule has 0 bridgehead atoms. The van der Waals surface area contributed by atoms with Crippen molar-refractivity contribution < 1.29 is 18.0 Å². The zero-order chi connectivity index (χ0) is 27.5. The van der Waals surface area contributed by atoms with Crippen molar-refractivity contribution in [2.75, 3.05) is 26.2 Å². The lowest BCUT2D eigenvalue weighted by Gasteiger charge is -2.54. The number of benzene rings is 2. The van der Waals surface area contributed by atoms with Gasteiger partial charge in [-0.2, -0.15) is 4.31 Å². The molecule has 3 saturated heterocycles. The molecule has 3 atom stereocenters. The van der Waals surface area contributed by atoms with Crippen LogP contribution in [0.3, 0.4) is 0 Å². The van der Waals surface area contributed by atoms with Crippen molar-refractivity contribution in [2.24, 2.45) is 0 Å². The Morgan fingerprint density at radius 2 is 1.59 bits per heavy atom. The largest absolute Gasteiger partial charge is 0.334 e. The molecular weight excluding hydrogens is 583 g/mol. The molecule has 12 heteroatoms. The summed E-state index contributed by atoms with van der Waals surface area (Å²) in [5.74, 6) is -0.350. The standard InChI is InChI=1S/C27H29Cl3N4O4S/c28-18-5-3-4-17(12-18)13-22-26(35)32(20-7-8-20)16-25-33(39(37,38)24-9-6-19(29)14-21(24)30)15-23(27(36)34(22)25)31-10-1-2-11-31/h3-6,9,12,14,20,22-23,25H,1-2,7-8,10-11,13,15-16H2. The molecule has 2 aromatic carbocycles. The summed E-state index contributed by atoms with van der Waals surface area (Å²) < 4.78 is 29.9. The Labute approximate surface area is 243 Å².